The third-order valence-corrected chi connectivity index (χ3v) is 10.6. The first kappa shape index (κ1) is 16.1. The zero-order chi connectivity index (χ0) is 16.8. The predicted molar refractivity (Wildman–Crippen MR) is 100 cm³/mol. The normalized spacial score (nSPS) is 25.7. The molecule has 2 aromatic carbocycles. The van der Waals surface area contributed by atoms with Crippen LogP contribution in [0.2, 0.25) is 5.04 Å². The standard InChI is InChI=1S/C21H26O2Si/c1-21(2,3)24(17-10-6-4-7-11-17,18-12-8-5-9-13-18)22-15-16-14-19-20(16)23-19/h4-13,16,19-20H,14-15H2,1-3H3. The summed E-state index contributed by atoms with van der Waals surface area (Å²) < 4.78 is 12.6. The molecule has 2 aromatic rings. The quantitative estimate of drug-likeness (QED) is 0.616. The van der Waals surface area contributed by atoms with Crippen LogP contribution in [0.4, 0.5) is 0 Å². The lowest BCUT2D eigenvalue weighted by Gasteiger charge is -2.44. The van der Waals surface area contributed by atoms with Gasteiger partial charge in [0.15, 0.2) is 0 Å². The SMILES string of the molecule is CC(C)(C)[Si](OCC1CC2OC12)(c1ccccc1)c1ccccc1. The number of hydrogen-bond acceptors (Lipinski definition) is 2. The summed E-state index contributed by atoms with van der Waals surface area (Å²) in [4.78, 5) is 0. The zero-order valence-electron chi connectivity index (χ0n) is 14.7. The maximum absolute atomic E-state index is 6.93. The van der Waals surface area contributed by atoms with E-state index in [1.165, 1.54) is 16.8 Å². The van der Waals surface area contributed by atoms with E-state index in [0.29, 0.717) is 18.1 Å². The maximum Gasteiger partial charge on any atom is 0.261 e. The predicted octanol–water partition coefficient (Wildman–Crippen LogP) is 3.35. The molecular weight excluding hydrogens is 312 g/mol. The van der Waals surface area contributed by atoms with Crippen molar-refractivity contribution >= 4 is 18.7 Å². The lowest BCUT2D eigenvalue weighted by Crippen LogP contribution is -2.67. The molecule has 0 spiro atoms. The van der Waals surface area contributed by atoms with Crippen molar-refractivity contribution in [1.82, 2.24) is 0 Å². The lowest BCUT2D eigenvalue weighted by molar-refractivity contribution is 0.194. The molecule has 2 nitrogen and oxygen atoms in total. The molecule has 2 fully saturated rings. The third-order valence-electron chi connectivity index (χ3n) is 5.55. The Morgan fingerprint density at radius 1 is 0.958 bits per heavy atom. The largest absolute Gasteiger partial charge is 0.407 e. The Balaban J connectivity index is 1.76. The maximum atomic E-state index is 6.93. The lowest BCUT2D eigenvalue weighted by atomic mass is 9.86. The highest BCUT2D eigenvalue weighted by molar-refractivity contribution is 6.99. The third kappa shape index (κ3) is 2.55. The molecule has 3 unspecified atom stereocenters. The van der Waals surface area contributed by atoms with E-state index in [9.17, 15) is 0 Å². The molecule has 0 amide bonds. The van der Waals surface area contributed by atoms with Crippen LogP contribution in [0.1, 0.15) is 27.2 Å². The van der Waals surface area contributed by atoms with Gasteiger partial charge in [0.05, 0.1) is 12.2 Å². The van der Waals surface area contributed by atoms with E-state index in [4.69, 9.17) is 9.16 Å². The van der Waals surface area contributed by atoms with Crippen molar-refractivity contribution in [3.05, 3.63) is 60.7 Å². The highest BCUT2D eigenvalue weighted by Gasteiger charge is 2.57. The molecule has 1 heterocycles. The Bertz CT molecular complexity index is 653. The number of epoxide rings is 1. The van der Waals surface area contributed by atoms with Gasteiger partial charge in [0, 0.05) is 12.5 Å². The fourth-order valence-corrected chi connectivity index (χ4v) is 8.77. The Labute approximate surface area is 145 Å². The average molecular weight is 339 g/mol. The van der Waals surface area contributed by atoms with E-state index in [1.807, 2.05) is 0 Å². The van der Waals surface area contributed by atoms with Gasteiger partial charge in [-0.15, -0.1) is 0 Å². The molecule has 0 aromatic heterocycles. The number of fused-ring (bicyclic) bond motifs is 1. The number of hydrogen-bond donors (Lipinski definition) is 0. The topological polar surface area (TPSA) is 21.8 Å². The van der Waals surface area contributed by atoms with Gasteiger partial charge in [0.1, 0.15) is 0 Å². The van der Waals surface area contributed by atoms with Crippen LogP contribution < -0.4 is 10.4 Å². The molecule has 1 saturated heterocycles. The van der Waals surface area contributed by atoms with E-state index in [1.54, 1.807) is 0 Å². The van der Waals surface area contributed by atoms with Gasteiger partial charge in [-0.3, -0.25) is 0 Å². The molecule has 1 aliphatic carbocycles. The molecule has 0 N–H and O–H groups in total. The molecular formula is C21H26O2Si. The van der Waals surface area contributed by atoms with E-state index < -0.39 is 8.32 Å². The summed E-state index contributed by atoms with van der Waals surface area (Å²) in [6.07, 6.45) is 2.18. The van der Waals surface area contributed by atoms with Gasteiger partial charge in [0.25, 0.3) is 8.32 Å². The summed E-state index contributed by atoms with van der Waals surface area (Å²) in [5.74, 6) is 0.580. The van der Waals surface area contributed by atoms with Crippen molar-refractivity contribution in [2.75, 3.05) is 6.61 Å². The van der Waals surface area contributed by atoms with Crippen molar-refractivity contribution in [2.24, 2.45) is 5.92 Å². The second kappa shape index (κ2) is 5.83. The fourth-order valence-electron chi connectivity index (χ4n) is 4.15. The Hall–Kier alpha value is -1.42. The molecule has 1 aliphatic heterocycles. The smallest absolute Gasteiger partial charge is 0.261 e. The summed E-state index contributed by atoms with van der Waals surface area (Å²) in [6.45, 7) is 7.80. The van der Waals surface area contributed by atoms with E-state index in [0.717, 1.165) is 6.61 Å². The Kier molecular flexibility index (Phi) is 3.90. The zero-order valence-corrected chi connectivity index (χ0v) is 15.7. The van der Waals surface area contributed by atoms with E-state index >= 15 is 0 Å². The van der Waals surface area contributed by atoms with Crippen LogP contribution in [0.25, 0.3) is 0 Å². The monoisotopic (exact) mass is 338 g/mol. The molecule has 2 aliphatic rings. The first-order valence-corrected chi connectivity index (χ1v) is 10.8. The van der Waals surface area contributed by atoms with Gasteiger partial charge in [0.2, 0.25) is 0 Å². The van der Waals surface area contributed by atoms with Crippen LogP contribution in [0.15, 0.2) is 60.7 Å². The molecule has 126 valence electrons. The van der Waals surface area contributed by atoms with E-state index in [2.05, 4.69) is 81.4 Å². The van der Waals surface area contributed by atoms with Crippen molar-refractivity contribution in [3.8, 4) is 0 Å². The minimum atomic E-state index is -2.36. The molecule has 0 bridgehead atoms. The van der Waals surface area contributed by atoms with Crippen molar-refractivity contribution in [2.45, 2.75) is 44.4 Å². The van der Waals surface area contributed by atoms with Crippen LogP contribution in [0.5, 0.6) is 0 Å². The number of benzene rings is 2. The van der Waals surface area contributed by atoms with Crippen LogP contribution in [0.3, 0.4) is 0 Å². The van der Waals surface area contributed by atoms with Crippen LogP contribution in [-0.2, 0) is 9.16 Å². The number of rotatable bonds is 5. The highest BCUT2D eigenvalue weighted by Crippen LogP contribution is 2.47. The molecule has 1 saturated carbocycles. The van der Waals surface area contributed by atoms with Gasteiger partial charge in [-0.05, 0) is 21.8 Å². The second-order valence-corrected chi connectivity index (χ2v) is 12.4. The van der Waals surface area contributed by atoms with Gasteiger partial charge in [-0.2, -0.15) is 0 Å². The summed E-state index contributed by atoms with van der Waals surface area (Å²) in [5.41, 5.74) is 0. The minimum Gasteiger partial charge on any atom is -0.407 e. The Morgan fingerprint density at radius 2 is 1.50 bits per heavy atom. The van der Waals surface area contributed by atoms with Gasteiger partial charge >= 0.3 is 0 Å². The highest BCUT2D eigenvalue weighted by atomic mass is 28.4. The summed E-state index contributed by atoms with van der Waals surface area (Å²) in [7, 11) is -2.36. The van der Waals surface area contributed by atoms with Gasteiger partial charge in [-0.1, -0.05) is 81.4 Å². The van der Waals surface area contributed by atoms with Crippen LogP contribution in [0, 0.1) is 5.92 Å². The minimum absolute atomic E-state index is 0.0588. The van der Waals surface area contributed by atoms with Crippen molar-refractivity contribution < 1.29 is 9.16 Å². The van der Waals surface area contributed by atoms with Gasteiger partial charge < -0.3 is 9.16 Å². The molecule has 4 rings (SSSR count). The van der Waals surface area contributed by atoms with Gasteiger partial charge in [-0.25, -0.2) is 0 Å². The number of ether oxygens (including phenoxy) is 1. The fraction of sp³-hybridized carbons (Fsp3) is 0.429. The molecule has 3 heteroatoms. The summed E-state index contributed by atoms with van der Waals surface area (Å²) >= 11 is 0. The molecule has 0 radical (unpaired) electrons. The summed E-state index contributed by atoms with van der Waals surface area (Å²) in [5, 5.41) is 2.77. The first-order chi connectivity index (χ1) is 11.5. The van der Waals surface area contributed by atoms with Crippen molar-refractivity contribution in [1.29, 1.82) is 0 Å². The molecule has 24 heavy (non-hydrogen) atoms. The van der Waals surface area contributed by atoms with Crippen LogP contribution >= 0.6 is 0 Å². The van der Waals surface area contributed by atoms with Crippen molar-refractivity contribution in [3.63, 3.8) is 0 Å². The average Bonchev–Trinajstić information content (AvgIpc) is 3.22. The summed E-state index contributed by atoms with van der Waals surface area (Å²) in [6, 6.07) is 21.7. The Morgan fingerprint density at radius 3 is 1.88 bits per heavy atom. The van der Waals surface area contributed by atoms with E-state index in [-0.39, 0.29) is 5.04 Å². The van der Waals surface area contributed by atoms with Crippen LogP contribution in [-0.4, -0.2) is 27.1 Å². The second-order valence-electron chi connectivity index (χ2n) is 8.11. The first-order valence-electron chi connectivity index (χ1n) is 8.93. The molecule has 3 atom stereocenters.